The molecule has 1 aromatic carbocycles. The van der Waals surface area contributed by atoms with E-state index in [-0.39, 0.29) is 12.1 Å². The molecule has 0 fully saturated rings. The third kappa shape index (κ3) is 5.87. The lowest BCUT2D eigenvalue weighted by Crippen LogP contribution is -2.20. The van der Waals surface area contributed by atoms with Crippen LogP contribution in [-0.4, -0.2) is 29.7 Å². The Bertz CT molecular complexity index is 338. The van der Waals surface area contributed by atoms with Crippen molar-refractivity contribution in [1.82, 2.24) is 0 Å². The maximum Gasteiger partial charge on any atom is 0.0867 e. The number of hydrogen-bond acceptors (Lipinski definition) is 4. The van der Waals surface area contributed by atoms with Crippen molar-refractivity contribution in [2.45, 2.75) is 43.9 Å². The fourth-order valence-electron chi connectivity index (χ4n) is 1.41. The van der Waals surface area contributed by atoms with Crippen molar-refractivity contribution in [2.24, 2.45) is 5.73 Å². The minimum Gasteiger partial charge on any atom is -0.390 e. The zero-order valence-corrected chi connectivity index (χ0v) is 12.1. The third-order valence-corrected chi connectivity index (χ3v) is 3.63. The average Bonchev–Trinajstić information content (AvgIpc) is 2.34. The Kier molecular flexibility index (Phi) is 6.71. The summed E-state index contributed by atoms with van der Waals surface area (Å²) in [6, 6.07) is 8.21. The topological polar surface area (TPSA) is 55.5 Å². The second-order valence-electron chi connectivity index (χ2n) is 4.70. The number of benzene rings is 1. The zero-order valence-electron chi connectivity index (χ0n) is 11.3. The first-order chi connectivity index (χ1) is 8.49. The normalized spacial score (nSPS) is 14.8. The quantitative estimate of drug-likeness (QED) is 0.747. The van der Waals surface area contributed by atoms with Gasteiger partial charge in [0.15, 0.2) is 0 Å². The zero-order chi connectivity index (χ0) is 13.5. The van der Waals surface area contributed by atoms with E-state index in [0.717, 1.165) is 10.5 Å². The highest BCUT2D eigenvalue weighted by atomic mass is 32.2. The molecule has 3 nitrogen and oxygen atoms in total. The molecule has 0 amide bonds. The number of nitrogens with two attached hydrogens (primary N) is 1. The first kappa shape index (κ1) is 15.5. The monoisotopic (exact) mass is 269 g/mol. The van der Waals surface area contributed by atoms with Crippen molar-refractivity contribution in [1.29, 1.82) is 0 Å². The van der Waals surface area contributed by atoms with E-state index in [0.29, 0.717) is 12.4 Å². The molecule has 0 bridgehead atoms. The van der Waals surface area contributed by atoms with E-state index < -0.39 is 6.10 Å². The van der Waals surface area contributed by atoms with Gasteiger partial charge < -0.3 is 15.6 Å². The molecule has 0 aliphatic carbocycles. The Labute approximate surface area is 114 Å². The van der Waals surface area contributed by atoms with Gasteiger partial charge in [0.25, 0.3) is 0 Å². The van der Waals surface area contributed by atoms with Crippen molar-refractivity contribution < 1.29 is 9.84 Å². The number of hydrogen-bond donors (Lipinski definition) is 2. The first-order valence-corrected chi connectivity index (χ1v) is 7.25. The fourth-order valence-corrected chi connectivity index (χ4v) is 2.22. The Morgan fingerprint density at radius 1 is 1.22 bits per heavy atom. The van der Waals surface area contributed by atoms with Crippen LogP contribution in [0.1, 0.15) is 32.4 Å². The number of ether oxygens (including phenoxy) is 1. The smallest absolute Gasteiger partial charge is 0.0867 e. The van der Waals surface area contributed by atoms with E-state index in [9.17, 15) is 5.11 Å². The van der Waals surface area contributed by atoms with Crippen LogP contribution in [0.25, 0.3) is 0 Å². The summed E-state index contributed by atoms with van der Waals surface area (Å²) >= 11 is 1.63. The number of aliphatic hydroxyl groups is 1. The minimum absolute atomic E-state index is 0.0640. The molecule has 0 saturated heterocycles. The van der Waals surface area contributed by atoms with Crippen LogP contribution in [0.5, 0.6) is 0 Å². The Morgan fingerprint density at radius 3 is 2.33 bits per heavy atom. The predicted molar refractivity (Wildman–Crippen MR) is 76.9 cm³/mol. The van der Waals surface area contributed by atoms with Crippen LogP contribution in [0.4, 0.5) is 0 Å². The summed E-state index contributed by atoms with van der Waals surface area (Å²) in [6.45, 7) is 6.29. The Morgan fingerprint density at radius 2 is 1.83 bits per heavy atom. The maximum absolute atomic E-state index is 9.74. The lowest BCUT2D eigenvalue weighted by atomic mass is 10.1. The van der Waals surface area contributed by atoms with Crippen molar-refractivity contribution in [3.05, 3.63) is 29.8 Å². The summed E-state index contributed by atoms with van der Waals surface area (Å²) in [6.07, 6.45) is -0.263. The van der Waals surface area contributed by atoms with Gasteiger partial charge in [-0.1, -0.05) is 12.1 Å². The summed E-state index contributed by atoms with van der Waals surface area (Å²) in [4.78, 5) is 1.14. The van der Waals surface area contributed by atoms with Gasteiger partial charge in [-0.2, -0.15) is 0 Å². The lowest BCUT2D eigenvalue weighted by Gasteiger charge is -2.13. The van der Waals surface area contributed by atoms with Gasteiger partial charge in [0.2, 0.25) is 0 Å². The fraction of sp³-hybridized carbons (Fsp3) is 0.571. The molecule has 0 spiro atoms. The summed E-state index contributed by atoms with van der Waals surface area (Å²) in [5.74, 6) is 0.643. The molecular formula is C14H23NO2S. The number of aliphatic hydroxyl groups excluding tert-OH is 1. The summed E-state index contributed by atoms with van der Waals surface area (Å²) in [7, 11) is 0. The van der Waals surface area contributed by atoms with Crippen LogP contribution in [0.3, 0.4) is 0 Å². The van der Waals surface area contributed by atoms with Gasteiger partial charge in [0.1, 0.15) is 0 Å². The lowest BCUT2D eigenvalue weighted by molar-refractivity contribution is 0.0152. The van der Waals surface area contributed by atoms with Crippen LogP contribution >= 0.6 is 11.8 Å². The highest BCUT2D eigenvalue weighted by Crippen LogP contribution is 2.21. The van der Waals surface area contributed by atoms with Gasteiger partial charge in [0.05, 0.1) is 18.8 Å². The molecule has 0 heterocycles. The van der Waals surface area contributed by atoms with Crippen molar-refractivity contribution in [3.8, 4) is 0 Å². The van der Waals surface area contributed by atoms with Crippen LogP contribution < -0.4 is 5.73 Å². The number of rotatable bonds is 7. The molecule has 0 aromatic heterocycles. The molecule has 1 rings (SSSR count). The van der Waals surface area contributed by atoms with E-state index in [4.69, 9.17) is 10.5 Å². The molecule has 3 N–H and O–H groups in total. The highest BCUT2D eigenvalue weighted by molar-refractivity contribution is 7.99. The molecule has 2 unspecified atom stereocenters. The molecule has 1 aromatic rings. The summed E-state index contributed by atoms with van der Waals surface area (Å²) in [5.41, 5.74) is 6.92. The van der Waals surface area contributed by atoms with Gasteiger partial charge in [-0.15, -0.1) is 11.8 Å². The van der Waals surface area contributed by atoms with E-state index in [1.165, 1.54) is 0 Å². The largest absolute Gasteiger partial charge is 0.390 e. The molecule has 102 valence electrons. The molecule has 0 aliphatic heterocycles. The number of thioether (sulfide) groups is 1. The SMILES string of the molecule is CC(C)OCC(O)CSc1ccc(C(C)N)cc1. The standard InChI is InChI=1S/C14H23NO2S/c1-10(2)17-8-13(16)9-18-14-6-4-12(5-7-14)11(3)15/h4-7,10-11,13,16H,8-9,15H2,1-3H3. The molecule has 4 heteroatoms. The predicted octanol–water partition coefficient (Wildman–Crippen LogP) is 2.58. The summed E-state index contributed by atoms with van der Waals surface area (Å²) < 4.78 is 5.36. The average molecular weight is 269 g/mol. The van der Waals surface area contributed by atoms with E-state index in [2.05, 4.69) is 0 Å². The van der Waals surface area contributed by atoms with E-state index >= 15 is 0 Å². The first-order valence-electron chi connectivity index (χ1n) is 6.27. The van der Waals surface area contributed by atoms with E-state index in [1.54, 1.807) is 11.8 Å². The molecule has 0 saturated carbocycles. The second kappa shape index (κ2) is 7.79. The van der Waals surface area contributed by atoms with Gasteiger partial charge in [0, 0.05) is 16.7 Å². The third-order valence-electron chi connectivity index (χ3n) is 2.47. The molecule has 0 radical (unpaired) electrons. The second-order valence-corrected chi connectivity index (χ2v) is 5.80. The van der Waals surface area contributed by atoms with Gasteiger partial charge >= 0.3 is 0 Å². The van der Waals surface area contributed by atoms with Crippen LogP contribution in [0, 0.1) is 0 Å². The van der Waals surface area contributed by atoms with Crippen LogP contribution in [-0.2, 0) is 4.74 Å². The van der Waals surface area contributed by atoms with Gasteiger partial charge in [-0.05, 0) is 38.5 Å². The molecule has 2 atom stereocenters. The van der Waals surface area contributed by atoms with Gasteiger partial charge in [-0.25, -0.2) is 0 Å². The van der Waals surface area contributed by atoms with Crippen molar-refractivity contribution in [3.63, 3.8) is 0 Å². The van der Waals surface area contributed by atoms with Crippen LogP contribution in [0.2, 0.25) is 0 Å². The Hall–Kier alpha value is -0.550. The maximum atomic E-state index is 9.74. The molecule has 18 heavy (non-hydrogen) atoms. The van der Waals surface area contributed by atoms with Crippen LogP contribution in [0.15, 0.2) is 29.2 Å². The highest BCUT2D eigenvalue weighted by Gasteiger charge is 2.07. The molecular weight excluding hydrogens is 246 g/mol. The van der Waals surface area contributed by atoms with Gasteiger partial charge in [-0.3, -0.25) is 0 Å². The summed E-state index contributed by atoms with van der Waals surface area (Å²) in [5, 5.41) is 9.74. The molecule has 0 aliphatic rings. The Balaban J connectivity index is 2.34. The van der Waals surface area contributed by atoms with E-state index in [1.807, 2.05) is 45.0 Å². The van der Waals surface area contributed by atoms with Crippen molar-refractivity contribution >= 4 is 11.8 Å². The van der Waals surface area contributed by atoms with Crippen molar-refractivity contribution in [2.75, 3.05) is 12.4 Å². The minimum atomic E-state index is -0.425.